The molecule has 2 amide bonds. The number of nitrogens with zero attached hydrogens (tertiary/aromatic N) is 1. The summed E-state index contributed by atoms with van der Waals surface area (Å²) in [6, 6.07) is 21.9. The van der Waals surface area contributed by atoms with Crippen LogP contribution in [0.2, 0.25) is 0 Å². The van der Waals surface area contributed by atoms with Crippen molar-refractivity contribution < 1.29 is 24.2 Å². The van der Waals surface area contributed by atoms with Crippen LogP contribution in [-0.2, 0) is 22.7 Å². The van der Waals surface area contributed by atoms with E-state index in [0.717, 1.165) is 28.0 Å². The van der Waals surface area contributed by atoms with Crippen molar-refractivity contribution in [3.8, 4) is 16.9 Å². The van der Waals surface area contributed by atoms with Crippen molar-refractivity contribution in [2.24, 2.45) is 5.92 Å². The molecule has 4 rings (SSSR count). The van der Waals surface area contributed by atoms with Crippen molar-refractivity contribution in [2.45, 2.75) is 19.5 Å². The predicted octanol–water partition coefficient (Wildman–Crippen LogP) is 3.73. The molecule has 1 unspecified atom stereocenters. The topological polar surface area (TPSA) is 95.9 Å². The van der Waals surface area contributed by atoms with E-state index >= 15 is 0 Å². The van der Waals surface area contributed by atoms with Gasteiger partial charge in [0, 0.05) is 26.1 Å². The van der Waals surface area contributed by atoms with Gasteiger partial charge in [0.15, 0.2) is 0 Å². The monoisotopic (exact) mass is 458 g/mol. The molecule has 0 aliphatic carbocycles. The van der Waals surface area contributed by atoms with E-state index in [-0.39, 0.29) is 29.7 Å². The molecule has 0 radical (unpaired) electrons. The second-order valence-corrected chi connectivity index (χ2v) is 8.33. The lowest BCUT2D eigenvalue weighted by Crippen LogP contribution is -2.32. The van der Waals surface area contributed by atoms with Crippen molar-refractivity contribution in [3.63, 3.8) is 0 Å². The zero-order valence-corrected chi connectivity index (χ0v) is 18.9. The van der Waals surface area contributed by atoms with Crippen molar-refractivity contribution in [1.82, 2.24) is 10.2 Å². The van der Waals surface area contributed by atoms with Crippen LogP contribution in [0, 0.1) is 5.92 Å². The van der Waals surface area contributed by atoms with E-state index in [1.807, 2.05) is 54.6 Å². The van der Waals surface area contributed by atoms with Crippen molar-refractivity contribution in [2.75, 3.05) is 13.7 Å². The zero-order valence-electron chi connectivity index (χ0n) is 18.9. The molecule has 3 aromatic rings. The molecule has 1 fully saturated rings. The molecule has 174 valence electrons. The number of ether oxygens (including phenoxy) is 1. The summed E-state index contributed by atoms with van der Waals surface area (Å²) in [5.41, 5.74) is 3.77. The Morgan fingerprint density at radius 3 is 2.41 bits per heavy atom. The Balaban J connectivity index is 1.35. The summed E-state index contributed by atoms with van der Waals surface area (Å²) in [5, 5.41) is 12.2. The quantitative estimate of drug-likeness (QED) is 0.536. The number of rotatable bonds is 8. The van der Waals surface area contributed by atoms with Crippen LogP contribution < -0.4 is 10.1 Å². The standard InChI is InChI=1S/C27H26N2O5/c1-34-24-10-8-18(9-11-24)16-29-17-23(14-25(29)30)26(31)28-15-19-4-2-5-20(12-19)21-6-3-7-22(13-21)27(32)33/h2-13,23H,14-17H2,1H3,(H,28,31)(H,32,33). The maximum absolute atomic E-state index is 12.7. The fourth-order valence-corrected chi connectivity index (χ4v) is 4.08. The third kappa shape index (κ3) is 5.43. The molecular weight excluding hydrogens is 432 g/mol. The Morgan fingerprint density at radius 1 is 1.00 bits per heavy atom. The van der Waals surface area contributed by atoms with Crippen molar-refractivity contribution in [1.29, 1.82) is 0 Å². The first-order chi connectivity index (χ1) is 16.4. The van der Waals surface area contributed by atoms with Gasteiger partial charge in [-0.25, -0.2) is 4.79 Å². The van der Waals surface area contributed by atoms with E-state index < -0.39 is 5.97 Å². The molecule has 1 aliphatic rings. The van der Waals surface area contributed by atoms with Crippen LogP contribution in [0.1, 0.15) is 27.9 Å². The smallest absolute Gasteiger partial charge is 0.335 e. The van der Waals surface area contributed by atoms with E-state index in [1.54, 1.807) is 30.2 Å². The maximum Gasteiger partial charge on any atom is 0.335 e. The predicted molar refractivity (Wildman–Crippen MR) is 127 cm³/mol. The van der Waals surface area contributed by atoms with Gasteiger partial charge in [0.25, 0.3) is 0 Å². The largest absolute Gasteiger partial charge is 0.497 e. The van der Waals surface area contributed by atoms with Crippen LogP contribution in [-0.4, -0.2) is 41.4 Å². The number of benzene rings is 3. The molecule has 3 aromatic carbocycles. The van der Waals surface area contributed by atoms with Gasteiger partial charge in [-0.2, -0.15) is 0 Å². The van der Waals surface area contributed by atoms with E-state index in [0.29, 0.717) is 19.6 Å². The highest BCUT2D eigenvalue weighted by Crippen LogP contribution is 2.23. The van der Waals surface area contributed by atoms with Gasteiger partial charge in [0.2, 0.25) is 11.8 Å². The minimum Gasteiger partial charge on any atom is -0.497 e. The highest BCUT2D eigenvalue weighted by Gasteiger charge is 2.34. The Morgan fingerprint density at radius 2 is 1.71 bits per heavy atom. The number of likely N-dealkylation sites (tertiary alicyclic amines) is 1. The summed E-state index contributed by atoms with van der Waals surface area (Å²) in [7, 11) is 1.61. The number of carbonyl (C=O) groups is 3. The van der Waals surface area contributed by atoms with E-state index in [4.69, 9.17) is 4.74 Å². The van der Waals surface area contributed by atoms with Gasteiger partial charge in [-0.15, -0.1) is 0 Å². The molecular formula is C27H26N2O5. The molecule has 1 heterocycles. The van der Waals surface area contributed by atoms with Gasteiger partial charge in [0.1, 0.15) is 5.75 Å². The lowest BCUT2D eigenvalue weighted by Gasteiger charge is -2.17. The Labute approximate surface area is 198 Å². The molecule has 1 atom stereocenters. The van der Waals surface area contributed by atoms with Gasteiger partial charge in [-0.3, -0.25) is 9.59 Å². The van der Waals surface area contributed by atoms with Crippen molar-refractivity contribution in [3.05, 3.63) is 89.5 Å². The number of carboxylic acid groups (broad SMARTS) is 1. The fourth-order valence-electron chi connectivity index (χ4n) is 4.08. The molecule has 2 N–H and O–H groups in total. The zero-order chi connectivity index (χ0) is 24.1. The lowest BCUT2D eigenvalue weighted by atomic mass is 10.0. The Bertz CT molecular complexity index is 1210. The summed E-state index contributed by atoms with van der Waals surface area (Å²) >= 11 is 0. The third-order valence-corrected chi connectivity index (χ3v) is 5.95. The van der Waals surface area contributed by atoms with E-state index in [1.165, 1.54) is 0 Å². The fraction of sp³-hybridized carbons (Fsp3) is 0.222. The molecule has 0 saturated carbocycles. The van der Waals surface area contributed by atoms with Crippen molar-refractivity contribution >= 4 is 17.8 Å². The van der Waals surface area contributed by atoms with Crippen LogP contribution in [0.4, 0.5) is 0 Å². The molecule has 0 aromatic heterocycles. The summed E-state index contributed by atoms with van der Waals surface area (Å²) in [4.78, 5) is 38.2. The van der Waals surface area contributed by atoms with Crippen LogP contribution in [0.15, 0.2) is 72.8 Å². The minimum atomic E-state index is -0.975. The number of hydrogen-bond donors (Lipinski definition) is 2. The number of nitrogens with one attached hydrogen (secondary N) is 1. The summed E-state index contributed by atoms with van der Waals surface area (Å²) in [6.45, 7) is 1.18. The van der Waals surface area contributed by atoms with Gasteiger partial charge < -0.3 is 20.1 Å². The minimum absolute atomic E-state index is 0.0312. The molecule has 7 heteroatoms. The summed E-state index contributed by atoms with van der Waals surface area (Å²) in [6.07, 6.45) is 0.198. The normalized spacial score (nSPS) is 15.3. The molecule has 1 saturated heterocycles. The molecule has 1 aliphatic heterocycles. The van der Waals surface area contributed by atoms with Gasteiger partial charge >= 0.3 is 5.97 Å². The maximum atomic E-state index is 12.7. The SMILES string of the molecule is COc1ccc(CN2CC(C(=O)NCc3cccc(-c4cccc(C(=O)O)c4)c3)CC2=O)cc1. The average Bonchev–Trinajstić information content (AvgIpc) is 3.23. The number of aromatic carboxylic acids is 1. The first-order valence-corrected chi connectivity index (χ1v) is 11.0. The summed E-state index contributed by atoms with van der Waals surface area (Å²) < 4.78 is 5.16. The first kappa shape index (κ1) is 23.0. The average molecular weight is 459 g/mol. The third-order valence-electron chi connectivity index (χ3n) is 5.95. The second-order valence-electron chi connectivity index (χ2n) is 8.33. The number of carboxylic acids is 1. The summed E-state index contributed by atoms with van der Waals surface area (Å²) in [5.74, 6) is -0.786. The molecule has 0 bridgehead atoms. The van der Waals surface area contributed by atoms with Gasteiger partial charge in [-0.05, 0) is 52.6 Å². The van der Waals surface area contributed by atoms with Crippen LogP contribution >= 0.6 is 0 Å². The Hall–Kier alpha value is -4.13. The molecule has 7 nitrogen and oxygen atoms in total. The van der Waals surface area contributed by atoms with E-state index in [9.17, 15) is 19.5 Å². The first-order valence-electron chi connectivity index (χ1n) is 11.0. The van der Waals surface area contributed by atoms with Crippen LogP contribution in [0.25, 0.3) is 11.1 Å². The number of methoxy groups -OCH3 is 1. The van der Waals surface area contributed by atoms with Crippen LogP contribution in [0.5, 0.6) is 5.75 Å². The molecule has 0 spiro atoms. The van der Waals surface area contributed by atoms with E-state index in [2.05, 4.69) is 5.32 Å². The number of amides is 2. The lowest BCUT2D eigenvalue weighted by molar-refractivity contribution is -0.129. The van der Waals surface area contributed by atoms with Gasteiger partial charge in [-0.1, -0.05) is 42.5 Å². The highest BCUT2D eigenvalue weighted by atomic mass is 16.5. The Kier molecular flexibility index (Phi) is 6.92. The molecule has 34 heavy (non-hydrogen) atoms. The second kappa shape index (κ2) is 10.2. The number of hydrogen-bond acceptors (Lipinski definition) is 4. The highest BCUT2D eigenvalue weighted by molar-refractivity contribution is 5.90. The number of carbonyl (C=O) groups excluding carboxylic acids is 2. The van der Waals surface area contributed by atoms with Gasteiger partial charge in [0.05, 0.1) is 18.6 Å². The van der Waals surface area contributed by atoms with Crippen LogP contribution in [0.3, 0.4) is 0 Å².